The Kier molecular flexibility index (Phi) is 4.68. The Balaban J connectivity index is 2.82. The summed E-state index contributed by atoms with van der Waals surface area (Å²) in [6.45, 7) is 5.38. The molecule has 0 aromatic carbocycles. The molecule has 0 spiro atoms. The molecule has 1 aromatic heterocycles. The Morgan fingerprint density at radius 2 is 2.25 bits per heavy atom. The van der Waals surface area contributed by atoms with E-state index in [1.165, 1.54) is 0 Å². The Morgan fingerprint density at radius 3 is 2.81 bits per heavy atom. The fraction of sp³-hybridized carbons (Fsp3) is 0.500. The van der Waals surface area contributed by atoms with E-state index in [0.29, 0.717) is 10.9 Å². The summed E-state index contributed by atoms with van der Waals surface area (Å²) in [6.07, 6.45) is 2.90. The average Bonchev–Trinajstić information content (AvgIpc) is 2.25. The van der Waals surface area contributed by atoms with Crippen molar-refractivity contribution in [2.75, 3.05) is 18.5 Å². The molecule has 0 saturated heterocycles. The number of nitrogens with zero attached hydrogens (tertiary/aromatic N) is 2. The molecule has 0 saturated carbocycles. The van der Waals surface area contributed by atoms with Crippen molar-refractivity contribution in [3.63, 3.8) is 0 Å². The van der Waals surface area contributed by atoms with E-state index in [4.69, 9.17) is 18.0 Å². The Hall–Kier alpha value is -1.16. The van der Waals surface area contributed by atoms with Gasteiger partial charge in [-0.05, 0) is 24.5 Å². The molecule has 1 aromatic rings. The lowest BCUT2D eigenvalue weighted by atomic mass is 10.1. The van der Waals surface area contributed by atoms with Gasteiger partial charge in [0.05, 0.1) is 5.56 Å². The van der Waals surface area contributed by atoms with Crippen molar-refractivity contribution in [1.82, 2.24) is 4.98 Å². The van der Waals surface area contributed by atoms with Crippen molar-refractivity contribution < 1.29 is 0 Å². The molecule has 1 rings (SSSR count). The zero-order chi connectivity index (χ0) is 12.1. The number of aromatic nitrogens is 1. The van der Waals surface area contributed by atoms with Crippen LogP contribution in [0, 0.1) is 5.92 Å². The van der Waals surface area contributed by atoms with E-state index < -0.39 is 0 Å². The molecular weight excluding hydrogens is 218 g/mol. The standard InChI is InChI=1S/C12H19N3S/c1-9(2)6-8-15(3)12-10(11(13)16)5-4-7-14-12/h4-5,7,9H,6,8H2,1-3H3,(H2,13,16). The number of rotatable bonds is 5. The predicted molar refractivity (Wildman–Crippen MR) is 72.8 cm³/mol. The molecule has 0 atom stereocenters. The van der Waals surface area contributed by atoms with E-state index in [1.807, 2.05) is 19.2 Å². The molecule has 1 heterocycles. The van der Waals surface area contributed by atoms with Crippen molar-refractivity contribution >= 4 is 23.0 Å². The number of thiocarbonyl (C=S) groups is 1. The summed E-state index contributed by atoms with van der Waals surface area (Å²) in [4.78, 5) is 6.84. The van der Waals surface area contributed by atoms with Crippen molar-refractivity contribution in [2.24, 2.45) is 11.7 Å². The molecule has 0 radical (unpaired) electrons. The van der Waals surface area contributed by atoms with Crippen molar-refractivity contribution in [1.29, 1.82) is 0 Å². The molecule has 2 N–H and O–H groups in total. The smallest absolute Gasteiger partial charge is 0.138 e. The van der Waals surface area contributed by atoms with Gasteiger partial charge in [-0.15, -0.1) is 0 Å². The van der Waals surface area contributed by atoms with Crippen LogP contribution in [-0.4, -0.2) is 23.6 Å². The Morgan fingerprint density at radius 1 is 1.56 bits per heavy atom. The lowest BCUT2D eigenvalue weighted by molar-refractivity contribution is 0.583. The molecule has 0 aliphatic rings. The van der Waals surface area contributed by atoms with Crippen LogP contribution in [0.2, 0.25) is 0 Å². The van der Waals surface area contributed by atoms with Crippen LogP contribution >= 0.6 is 12.2 Å². The summed E-state index contributed by atoms with van der Waals surface area (Å²) >= 11 is 5.02. The number of pyridine rings is 1. The van der Waals surface area contributed by atoms with Crippen LogP contribution in [0.5, 0.6) is 0 Å². The quantitative estimate of drug-likeness (QED) is 0.797. The first-order valence-electron chi connectivity index (χ1n) is 5.48. The average molecular weight is 237 g/mol. The van der Waals surface area contributed by atoms with Gasteiger partial charge >= 0.3 is 0 Å². The number of anilines is 1. The van der Waals surface area contributed by atoms with Gasteiger partial charge in [0.1, 0.15) is 10.8 Å². The number of nitrogens with two attached hydrogens (primary N) is 1. The fourth-order valence-electron chi connectivity index (χ4n) is 1.45. The zero-order valence-corrected chi connectivity index (χ0v) is 10.9. The van der Waals surface area contributed by atoms with E-state index in [1.54, 1.807) is 6.20 Å². The Bertz CT molecular complexity index is 363. The van der Waals surface area contributed by atoms with E-state index in [0.717, 1.165) is 24.3 Å². The topological polar surface area (TPSA) is 42.2 Å². The highest BCUT2D eigenvalue weighted by Crippen LogP contribution is 2.16. The second-order valence-electron chi connectivity index (χ2n) is 4.34. The molecule has 4 heteroatoms. The predicted octanol–water partition coefficient (Wildman–Crippen LogP) is 2.20. The highest BCUT2D eigenvalue weighted by Gasteiger charge is 2.10. The van der Waals surface area contributed by atoms with Gasteiger partial charge in [0.2, 0.25) is 0 Å². The van der Waals surface area contributed by atoms with Crippen LogP contribution in [0.25, 0.3) is 0 Å². The van der Waals surface area contributed by atoms with Gasteiger partial charge in [-0.1, -0.05) is 26.1 Å². The van der Waals surface area contributed by atoms with Crippen LogP contribution < -0.4 is 10.6 Å². The van der Waals surface area contributed by atoms with Gasteiger partial charge in [-0.2, -0.15) is 0 Å². The minimum Gasteiger partial charge on any atom is -0.389 e. The van der Waals surface area contributed by atoms with Crippen LogP contribution in [0.4, 0.5) is 5.82 Å². The minimum atomic E-state index is 0.402. The summed E-state index contributed by atoms with van der Waals surface area (Å²) in [6, 6.07) is 3.77. The zero-order valence-electron chi connectivity index (χ0n) is 10.1. The third kappa shape index (κ3) is 3.45. The van der Waals surface area contributed by atoms with E-state index in [9.17, 15) is 0 Å². The summed E-state index contributed by atoms with van der Waals surface area (Å²) in [5.41, 5.74) is 6.52. The first kappa shape index (κ1) is 12.9. The maximum atomic E-state index is 5.67. The van der Waals surface area contributed by atoms with Gasteiger partial charge in [0.15, 0.2) is 0 Å². The second-order valence-corrected chi connectivity index (χ2v) is 4.78. The van der Waals surface area contributed by atoms with Gasteiger partial charge in [0.25, 0.3) is 0 Å². The molecule has 0 unspecified atom stereocenters. The van der Waals surface area contributed by atoms with Crippen molar-refractivity contribution in [3.05, 3.63) is 23.9 Å². The molecule has 0 bridgehead atoms. The van der Waals surface area contributed by atoms with E-state index in [2.05, 4.69) is 23.7 Å². The van der Waals surface area contributed by atoms with Gasteiger partial charge in [-0.25, -0.2) is 4.98 Å². The fourth-order valence-corrected chi connectivity index (χ4v) is 1.61. The van der Waals surface area contributed by atoms with Gasteiger partial charge < -0.3 is 10.6 Å². The summed E-state index contributed by atoms with van der Waals surface area (Å²) in [7, 11) is 2.02. The van der Waals surface area contributed by atoms with E-state index >= 15 is 0 Å². The first-order valence-corrected chi connectivity index (χ1v) is 5.89. The molecule has 0 aliphatic carbocycles. The van der Waals surface area contributed by atoms with E-state index in [-0.39, 0.29) is 0 Å². The van der Waals surface area contributed by atoms with Crippen molar-refractivity contribution in [3.8, 4) is 0 Å². The molecular formula is C12H19N3S. The third-order valence-corrected chi connectivity index (χ3v) is 2.68. The SMILES string of the molecule is CC(C)CCN(C)c1ncccc1C(N)=S. The van der Waals surface area contributed by atoms with Gasteiger partial charge in [-0.3, -0.25) is 0 Å². The highest BCUT2D eigenvalue weighted by molar-refractivity contribution is 7.80. The minimum absolute atomic E-state index is 0.402. The monoisotopic (exact) mass is 237 g/mol. The first-order chi connectivity index (χ1) is 7.52. The maximum absolute atomic E-state index is 5.67. The second kappa shape index (κ2) is 5.80. The summed E-state index contributed by atoms with van der Waals surface area (Å²) < 4.78 is 0. The largest absolute Gasteiger partial charge is 0.389 e. The summed E-state index contributed by atoms with van der Waals surface area (Å²) in [5, 5.41) is 0. The molecule has 0 amide bonds. The summed E-state index contributed by atoms with van der Waals surface area (Å²) in [5.74, 6) is 1.55. The number of hydrogen-bond acceptors (Lipinski definition) is 3. The molecule has 0 aliphatic heterocycles. The molecule has 88 valence electrons. The van der Waals surface area contributed by atoms with Crippen LogP contribution in [0.3, 0.4) is 0 Å². The van der Waals surface area contributed by atoms with Gasteiger partial charge in [0, 0.05) is 19.8 Å². The molecule has 16 heavy (non-hydrogen) atoms. The normalized spacial score (nSPS) is 10.5. The van der Waals surface area contributed by atoms with Crippen LogP contribution in [0.1, 0.15) is 25.8 Å². The lowest BCUT2D eigenvalue weighted by Gasteiger charge is -2.21. The highest BCUT2D eigenvalue weighted by atomic mass is 32.1. The Labute approximate surface area is 103 Å². The number of hydrogen-bond donors (Lipinski definition) is 1. The third-order valence-electron chi connectivity index (χ3n) is 2.46. The van der Waals surface area contributed by atoms with Crippen molar-refractivity contribution in [2.45, 2.75) is 20.3 Å². The maximum Gasteiger partial charge on any atom is 0.138 e. The lowest BCUT2D eigenvalue weighted by Crippen LogP contribution is -2.24. The van der Waals surface area contributed by atoms with Crippen LogP contribution in [0.15, 0.2) is 18.3 Å². The van der Waals surface area contributed by atoms with Crippen LogP contribution in [-0.2, 0) is 0 Å². The molecule has 3 nitrogen and oxygen atoms in total. The molecule has 0 fully saturated rings.